The summed E-state index contributed by atoms with van der Waals surface area (Å²) in [7, 11) is -2.18. The van der Waals surface area contributed by atoms with Crippen LogP contribution in [0.2, 0.25) is 0 Å². The first-order valence-electron chi connectivity index (χ1n) is 7.56. The van der Waals surface area contributed by atoms with Gasteiger partial charge in [0, 0.05) is 12.8 Å². The number of hydrogen-bond donors (Lipinski definition) is 1. The molecule has 2 aromatic carbocycles. The summed E-state index contributed by atoms with van der Waals surface area (Å²) >= 11 is 0. The quantitative estimate of drug-likeness (QED) is 0.900. The Morgan fingerprint density at radius 1 is 1.04 bits per heavy atom. The van der Waals surface area contributed by atoms with Gasteiger partial charge in [-0.25, -0.2) is 18.6 Å². The molecule has 0 unspecified atom stereocenters. The molecule has 3 rings (SSSR count). The highest BCUT2D eigenvalue weighted by molar-refractivity contribution is 7.89. The van der Waals surface area contributed by atoms with Gasteiger partial charge in [-0.3, -0.25) is 4.79 Å². The number of amides is 1. The van der Waals surface area contributed by atoms with Crippen LogP contribution < -0.4 is 14.9 Å². The highest BCUT2D eigenvalue weighted by Gasteiger charge is 2.23. The second kappa shape index (κ2) is 6.66. The van der Waals surface area contributed by atoms with Crippen LogP contribution in [-0.4, -0.2) is 27.1 Å². The maximum atomic E-state index is 12.2. The molecule has 25 heavy (non-hydrogen) atoms. The monoisotopic (exact) mass is 359 g/mol. The van der Waals surface area contributed by atoms with Crippen molar-refractivity contribution in [1.29, 1.82) is 0 Å². The first kappa shape index (κ1) is 17.1. The van der Waals surface area contributed by atoms with Crippen molar-refractivity contribution < 1.29 is 17.9 Å². The summed E-state index contributed by atoms with van der Waals surface area (Å²) in [6, 6.07) is 13.2. The van der Waals surface area contributed by atoms with Gasteiger partial charge in [0.2, 0.25) is 15.9 Å². The second-order valence-corrected chi connectivity index (χ2v) is 7.08. The van der Waals surface area contributed by atoms with E-state index in [4.69, 9.17) is 9.88 Å². The van der Waals surface area contributed by atoms with Crippen LogP contribution in [0.5, 0.6) is 5.75 Å². The number of rotatable bonds is 4. The van der Waals surface area contributed by atoms with Crippen molar-refractivity contribution in [3.8, 4) is 5.75 Å². The molecule has 0 radical (unpaired) electrons. The first-order valence-corrected chi connectivity index (χ1v) is 9.11. The minimum absolute atomic E-state index is 0.0138. The Hall–Kier alpha value is -2.71. The predicted molar refractivity (Wildman–Crippen MR) is 94.1 cm³/mol. The number of anilines is 1. The second-order valence-electron chi connectivity index (χ2n) is 5.52. The lowest BCUT2D eigenvalue weighted by Crippen LogP contribution is -2.31. The molecule has 0 aliphatic carbocycles. The Morgan fingerprint density at radius 3 is 2.24 bits per heavy atom. The number of benzene rings is 2. The van der Waals surface area contributed by atoms with Gasteiger partial charge in [0.05, 0.1) is 23.4 Å². The molecule has 0 spiro atoms. The van der Waals surface area contributed by atoms with E-state index in [-0.39, 0.29) is 10.8 Å². The van der Waals surface area contributed by atoms with Crippen LogP contribution >= 0.6 is 0 Å². The molecule has 1 heterocycles. The largest absolute Gasteiger partial charge is 0.497 e. The zero-order valence-electron chi connectivity index (χ0n) is 13.5. The lowest BCUT2D eigenvalue weighted by molar-refractivity contribution is -0.118. The molecule has 0 saturated carbocycles. The van der Waals surface area contributed by atoms with Gasteiger partial charge in [-0.05, 0) is 54.1 Å². The van der Waals surface area contributed by atoms with E-state index in [1.54, 1.807) is 7.11 Å². The average molecular weight is 359 g/mol. The number of carbonyl (C=O) groups is 1. The minimum Gasteiger partial charge on any atom is -0.497 e. The molecule has 7 nitrogen and oxygen atoms in total. The number of ether oxygens (including phenoxy) is 1. The Labute approximate surface area is 145 Å². The van der Waals surface area contributed by atoms with E-state index >= 15 is 0 Å². The first-order chi connectivity index (χ1) is 11.9. The number of primary sulfonamides is 1. The smallest absolute Gasteiger partial charge is 0.247 e. The van der Waals surface area contributed by atoms with Crippen molar-refractivity contribution in [1.82, 2.24) is 0 Å². The van der Waals surface area contributed by atoms with E-state index in [1.807, 2.05) is 24.3 Å². The van der Waals surface area contributed by atoms with E-state index in [2.05, 4.69) is 5.10 Å². The molecule has 2 aromatic rings. The fraction of sp³-hybridized carbons (Fsp3) is 0.176. The average Bonchev–Trinajstić information content (AvgIpc) is 2.62. The van der Waals surface area contributed by atoms with Gasteiger partial charge in [0.25, 0.3) is 0 Å². The van der Waals surface area contributed by atoms with Gasteiger partial charge in [-0.1, -0.05) is 0 Å². The van der Waals surface area contributed by atoms with E-state index < -0.39 is 10.0 Å². The summed E-state index contributed by atoms with van der Waals surface area (Å²) in [5.74, 6) is 0.590. The van der Waals surface area contributed by atoms with Crippen molar-refractivity contribution >= 4 is 27.3 Å². The van der Waals surface area contributed by atoms with Gasteiger partial charge in [-0.15, -0.1) is 0 Å². The highest BCUT2D eigenvalue weighted by atomic mass is 32.2. The summed E-state index contributed by atoms with van der Waals surface area (Å²) < 4.78 is 27.8. The normalized spacial score (nSPS) is 15.0. The van der Waals surface area contributed by atoms with Crippen LogP contribution in [0.15, 0.2) is 58.5 Å². The Morgan fingerprint density at radius 2 is 1.68 bits per heavy atom. The lowest BCUT2D eigenvalue weighted by Gasteiger charge is -2.24. The molecule has 8 heteroatoms. The maximum Gasteiger partial charge on any atom is 0.247 e. The fourth-order valence-electron chi connectivity index (χ4n) is 2.52. The van der Waals surface area contributed by atoms with Crippen molar-refractivity contribution in [2.24, 2.45) is 10.2 Å². The molecule has 0 bridgehead atoms. The van der Waals surface area contributed by atoms with E-state index in [1.165, 1.54) is 29.3 Å². The number of hydrogen-bond acceptors (Lipinski definition) is 5. The number of sulfonamides is 1. The van der Waals surface area contributed by atoms with Crippen LogP contribution in [0, 0.1) is 0 Å². The van der Waals surface area contributed by atoms with Gasteiger partial charge in [-0.2, -0.15) is 5.10 Å². The van der Waals surface area contributed by atoms with Gasteiger partial charge < -0.3 is 4.74 Å². The molecule has 0 atom stereocenters. The number of hydrazone groups is 1. The van der Waals surface area contributed by atoms with Crippen LogP contribution in [-0.2, 0) is 14.8 Å². The summed E-state index contributed by atoms with van der Waals surface area (Å²) in [5, 5.41) is 10.8. The Balaban J connectivity index is 1.92. The molecule has 1 aliphatic heterocycles. The summed E-state index contributed by atoms with van der Waals surface area (Å²) in [6.45, 7) is 0. The minimum atomic E-state index is -3.78. The molecule has 0 fully saturated rings. The number of nitrogens with two attached hydrogens (primary N) is 1. The summed E-state index contributed by atoms with van der Waals surface area (Å²) in [5.41, 5.74) is 2.17. The third-order valence-corrected chi connectivity index (χ3v) is 4.79. The standard InChI is InChI=1S/C17H17N3O4S/c1-24-14-6-2-12(3-7-14)16-10-11-17(21)20(19-16)13-4-8-15(9-5-13)25(18,22)23/h2-9H,10-11H2,1H3,(H2,18,22,23). The Bertz CT molecular complexity index is 919. The van der Waals surface area contributed by atoms with Crippen LogP contribution in [0.4, 0.5) is 5.69 Å². The number of methoxy groups -OCH3 is 1. The molecule has 1 aliphatic rings. The predicted octanol–water partition coefficient (Wildman–Crippen LogP) is 1.87. The van der Waals surface area contributed by atoms with Crippen molar-refractivity contribution in [3.63, 3.8) is 0 Å². The molecule has 1 amide bonds. The number of carbonyl (C=O) groups excluding carboxylic acids is 1. The topological polar surface area (TPSA) is 102 Å². The molecule has 130 valence electrons. The fourth-order valence-corrected chi connectivity index (χ4v) is 3.04. The van der Waals surface area contributed by atoms with E-state index in [0.29, 0.717) is 18.5 Å². The molecule has 0 saturated heterocycles. The summed E-state index contributed by atoms with van der Waals surface area (Å²) in [4.78, 5) is 12.2. The highest BCUT2D eigenvalue weighted by Crippen LogP contribution is 2.24. The van der Waals surface area contributed by atoms with Gasteiger partial charge >= 0.3 is 0 Å². The third-order valence-electron chi connectivity index (χ3n) is 3.87. The van der Waals surface area contributed by atoms with E-state index in [9.17, 15) is 13.2 Å². The molecular weight excluding hydrogens is 342 g/mol. The number of nitrogens with zero attached hydrogens (tertiary/aromatic N) is 2. The molecular formula is C17H17N3O4S. The van der Waals surface area contributed by atoms with E-state index in [0.717, 1.165) is 17.0 Å². The summed E-state index contributed by atoms with van der Waals surface area (Å²) in [6.07, 6.45) is 0.860. The van der Waals surface area contributed by atoms with Crippen LogP contribution in [0.25, 0.3) is 0 Å². The van der Waals surface area contributed by atoms with Crippen LogP contribution in [0.3, 0.4) is 0 Å². The SMILES string of the molecule is COc1ccc(C2=NN(c3ccc(S(N)(=O)=O)cc3)C(=O)CC2)cc1. The van der Waals surface area contributed by atoms with Crippen LogP contribution in [0.1, 0.15) is 18.4 Å². The van der Waals surface area contributed by atoms with Gasteiger partial charge in [0.1, 0.15) is 5.75 Å². The van der Waals surface area contributed by atoms with Gasteiger partial charge in [0.15, 0.2) is 0 Å². The van der Waals surface area contributed by atoms with Crippen molar-refractivity contribution in [2.45, 2.75) is 17.7 Å². The lowest BCUT2D eigenvalue weighted by atomic mass is 10.0. The zero-order valence-corrected chi connectivity index (χ0v) is 14.4. The van der Waals surface area contributed by atoms with Crippen molar-refractivity contribution in [3.05, 3.63) is 54.1 Å². The Kier molecular flexibility index (Phi) is 4.56. The molecule has 2 N–H and O–H groups in total. The zero-order chi connectivity index (χ0) is 18.0. The third kappa shape index (κ3) is 3.70. The van der Waals surface area contributed by atoms with Crippen molar-refractivity contribution in [2.75, 3.05) is 12.1 Å². The molecule has 0 aromatic heterocycles. The maximum absolute atomic E-state index is 12.2.